The van der Waals surface area contributed by atoms with Gasteiger partial charge in [-0.05, 0) is 64.4 Å². The van der Waals surface area contributed by atoms with E-state index in [2.05, 4.69) is 48.1 Å². The molecule has 136 valence electrons. The molecule has 24 heavy (non-hydrogen) atoms. The van der Waals surface area contributed by atoms with Crippen molar-refractivity contribution >= 4 is 29.9 Å². The Morgan fingerprint density at radius 3 is 2.58 bits per heavy atom. The number of rotatable bonds is 5. The monoisotopic (exact) mass is 446 g/mol. The van der Waals surface area contributed by atoms with Crippen molar-refractivity contribution in [1.29, 1.82) is 0 Å². The van der Waals surface area contributed by atoms with Crippen LogP contribution in [0, 0.1) is 0 Å². The zero-order valence-corrected chi connectivity index (χ0v) is 17.5. The van der Waals surface area contributed by atoms with Crippen LogP contribution >= 0.6 is 24.0 Å². The molecular formula is C18H31IN4O. The van der Waals surface area contributed by atoms with Crippen LogP contribution in [0.2, 0.25) is 0 Å². The van der Waals surface area contributed by atoms with Crippen molar-refractivity contribution in [3.63, 3.8) is 0 Å². The van der Waals surface area contributed by atoms with Gasteiger partial charge < -0.3 is 15.8 Å². The molecule has 0 aromatic heterocycles. The highest BCUT2D eigenvalue weighted by atomic mass is 127. The summed E-state index contributed by atoms with van der Waals surface area (Å²) in [6.07, 6.45) is 2.50. The quantitative estimate of drug-likeness (QED) is 0.415. The van der Waals surface area contributed by atoms with Crippen LogP contribution in [0.4, 0.5) is 0 Å². The number of likely N-dealkylation sites (tertiary alicyclic amines) is 1. The van der Waals surface area contributed by atoms with Crippen molar-refractivity contribution in [3.8, 4) is 5.75 Å². The molecular weight excluding hydrogens is 415 g/mol. The molecule has 1 heterocycles. The first kappa shape index (κ1) is 21.0. The van der Waals surface area contributed by atoms with Gasteiger partial charge in [-0.25, -0.2) is 0 Å². The van der Waals surface area contributed by atoms with Gasteiger partial charge in [-0.15, -0.1) is 24.0 Å². The molecule has 1 saturated heterocycles. The number of hydrogen-bond donors (Lipinski definition) is 2. The molecule has 0 bridgehead atoms. The highest BCUT2D eigenvalue weighted by Gasteiger charge is 2.24. The summed E-state index contributed by atoms with van der Waals surface area (Å²) in [6.45, 7) is 9.12. The molecule has 0 spiro atoms. The number of guanidine groups is 1. The van der Waals surface area contributed by atoms with E-state index in [9.17, 15) is 0 Å². The fraction of sp³-hybridized carbons (Fsp3) is 0.611. The lowest BCUT2D eigenvalue weighted by molar-refractivity contribution is 0.251. The normalized spacial score (nSPS) is 17.2. The number of aliphatic imine (C=N–C) groups is 1. The molecule has 2 rings (SSSR count). The van der Waals surface area contributed by atoms with Gasteiger partial charge in [-0.2, -0.15) is 0 Å². The zero-order chi connectivity index (χ0) is 16.9. The first-order valence-corrected chi connectivity index (χ1v) is 8.35. The fourth-order valence-corrected chi connectivity index (χ4v) is 2.94. The maximum Gasteiger partial charge on any atom is 0.189 e. The van der Waals surface area contributed by atoms with Gasteiger partial charge in [0.2, 0.25) is 0 Å². The van der Waals surface area contributed by atoms with Gasteiger partial charge >= 0.3 is 0 Å². The predicted octanol–water partition coefficient (Wildman–Crippen LogP) is 3.15. The third kappa shape index (κ3) is 6.47. The maximum atomic E-state index is 6.04. The highest BCUT2D eigenvalue weighted by molar-refractivity contribution is 14.0. The predicted molar refractivity (Wildman–Crippen MR) is 111 cm³/mol. The Morgan fingerprint density at radius 1 is 1.33 bits per heavy atom. The standard InChI is InChI=1S/C18H30N4O.HI/c1-18(2,3)21-17(19)20-13-16(22-10-5-6-11-22)14-8-7-9-15(12-14)23-4;/h7-9,12,16H,5-6,10-11,13H2,1-4H3,(H3,19,20,21);1H. The van der Waals surface area contributed by atoms with Crippen molar-refractivity contribution in [2.24, 2.45) is 10.7 Å². The molecule has 5 nitrogen and oxygen atoms in total. The van der Waals surface area contributed by atoms with Gasteiger partial charge in [-0.1, -0.05) is 12.1 Å². The van der Waals surface area contributed by atoms with Crippen LogP contribution in [-0.4, -0.2) is 43.1 Å². The molecule has 1 fully saturated rings. The van der Waals surface area contributed by atoms with Crippen LogP contribution in [0.5, 0.6) is 5.75 Å². The molecule has 1 atom stereocenters. The molecule has 1 aromatic rings. The third-order valence-corrected chi connectivity index (χ3v) is 4.00. The van der Waals surface area contributed by atoms with Crippen LogP contribution < -0.4 is 15.8 Å². The first-order valence-electron chi connectivity index (χ1n) is 8.35. The topological polar surface area (TPSA) is 62.9 Å². The SMILES string of the molecule is COc1cccc(C(CN=C(N)NC(C)(C)C)N2CCCC2)c1.I. The van der Waals surface area contributed by atoms with E-state index in [1.165, 1.54) is 18.4 Å². The number of halogens is 1. The minimum Gasteiger partial charge on any atom is -0.497 e. The van der Waals surface area contributed by atoms with E-state index >= 15 is 0 Å². The van der Waals surface area contributed by atoms with E-state index in [1.807, 2.05) is 12.1 Å². The summed E-state index contributed by atoms with van der Waals surface area (Å²) in [4.78, 5) is 7.08. The summed E-state index contributed by atoms with van der Waals surface area (Å²) in [6, 6.07) is 8.51. The van der Waals surface area contributed by atoms with Gasteiger partial charge in [0.1, 0.15) is 5.75 Å². The van der Waals surface area contributed by atoms with Crippen molar-refractivity contribution < 1.29 is 4.74 Å². The Balaban J connectivity index is 0.00000288. The number of nitrogens with two attached hydrogens (primary N) is 1. The van der Waals surface area contributed by atoms with Gasteiger partial charge in [-0.3, -0.25) is 9.89 Å². The summed E-state index contributed by atoms with van der Waals surface area (Å²) in [5.74, 6) is 1.39. The number of methoxy groups -OCH3 is 1. The summed E-state index contributed by atoms with van der Waals surface area (Å²) < 4.78 is 5.37. The van der Waals surface area contributed by atoms with Gasteiger partial charge in [0.05, 0.1) is 19.7 Å². The van der Waals surface area contributed by atoms with Gasteiger partial charge in [0, 0.05) is 5.54 Å². The minimum absolute atomic E-state index is 0. The second kappa shape index (κ2) is 9.46. The van der Waals surface area contributed by atoms with Crippen LogP contribution in [0.25, 0.3) is 0 Å². The van der Waals surface area contributed by atoms with Gasteiger partial charge in [0.25, 0.3) is 0 Å². The molecule has 6 heteroatoms. The minimum atomic E-state index is -0.0767. The van der Waals surface area contributed by atoms with E-state index in [-0.39, 0.29) is 35.6 Å². The van der Waals surface area contributed by atoms with Crippen LogP contribution in [0.15, 0.2) is 29.3 Å². The van der Waals surface area contributed by atoms with Crippen molar-refractivity contribution in [2.45, 2.75) is 45.2 Å². The molecule has 0 aliphatic carbocycles. The van der Waals surface area contributed by atoms with E-state index < -0.39 is 0 Å². The van der Waals surface area contributed by atoms with E-state index in [0.717, 1.165) is 18.8 Å². The first-order chi connectivity index (χ1) is 10.9. The Bertz CT molecular complexity index is 536. The number of nitrogens with zero attached hydrogens (tertiary/aromatic N) is 2. The summed E-state index contributed by atoms with van der Waals surface area (Å²) >= 11 is 0. The third-order valence-electron chi connectivity index (χ3n) is 4.00. The molecule has 0 saturated carbocycles. The number of ether oxygens (including phenoxy) is 1. The maximum absolute atomic E-state index is 6.04. The molecule has 1 aliphatic rings. The average molecular weight is 446 g/mol. The lowest BCUT2D eigenvalue weighted by atomic mass is 10.1. The Labute approximate surface area is 163 Å². The molecule has 1 aliphatic heterocycles. The lowest BCUT2D eigenvalue weighted by Crippen LogP contribution is -2.45. The molecule has 3 N–H and O–H groups in total. The van der Waals surface area contributed by atoms with Crippen LogP contribution in [0.3, 0.4) is 0 Å². The lowest BCUT2D eigenvalue weighted by Gasteiger charge is -2.27. The largest absolute Gasteiger partial charge is 0.497 e. The Kier molecular flexibility index (Phi) is 8.29. The molecule has 1 aromatic carbocycles. The van der Waals surface area contributed by atoms with Crippen molar-refractivity contribution in [3.05, 3.63) is 29.8 Å². The van der Waals surface area contributed by atoms with Crippen molar-refractivity contribution in [1.82, 2.24) is 10.2 Å². The molecule has 0 radical (unpaired) electrons. The van der Waals surface area contributed by atoms with Crippen LogP contribution in [0.1, 0.15) is 45.2 Å². The number of hydrogen-bond acceptors (Lipinski definition) is 3. The average Bonchev–Trinajstić information content (AvgIpc) is 3.00. The summed E-state index contributed by atoms with van der Waals surface area (Å²) in [7, 11) is 1.70. The second-order valence-corrected chi connectivity index (χ2v) is 7.14. The Morgan fingerprint density at radius 2 is 2.00 bits per heavy atom. The van der Waals surface area contributed by atoms with Gasteiger partial charge in [0.15, 0.2) is 5.96 Å². The van der Waals surface area contributed by atoms with Crippen LogP contribution in [-0.2, 0) is 0 Å². The second-order valence-electron chi connectivity index (χ2n) is 7.14. The van der Waals surface area contributed by atoms with Crippen molar-refractivity contribution in [2.75, 3.05) is 26.7 Å². The van der Waals surface area contributed by atoms with E-state index in [0.29, 0.717) is 12.5 Å². The Hall–Kier alpha value is -1.02. The molecule has 0 amide bonds. The number of benzene rings is 1. The van der Waals surface area contributed by atoms with E-state index in [4.69, 9.17) is 10.5 Å². The zero-order valence-electron chi connectivity index (χ0n) is 15.2. The smallest absolute Gasteiger partial charge is 0.189 e. The fourth-order valence-electron chi connectivity index (χ4n) is 2.94. The van der Waals surface area contributed by atoms with E-state index in [1.54, 1.807) is 7.11 Å². The number of nitrogens with one attached hydrogen (secondary N) is 1. The highest BCUT2D eigenvalue weighted by Crippen LogP contribution is 2.27. The molecule has 1 unspecified atom stereocenters. The summed E-state index contributed by atoms with van der Waals surface area (Å²) in [5.41, 5.74) is 7.19. The summed E-state index contributed by atoms with van der Waals surface area (Å²) in [5, 5.41) is 3.22.